The highest BCUT2D eigenvalue weighted by Crippen LogP contribution is 2.21. The lowest BCUT2D eigenvalue weighted by atomic mass is 10.1. The molecule has 0 aliphatic rings. The van der Waals surface area contributed by atoms with E-state index < -0.39 is 0 Å². The van der Waals surface area contributed by atoms with Gasteiger partial charge < -0.3 is 4.57 Å². The second-order valence-corrected chi connectivity index (χ2v) is 6.06. The monoisotopic (exact) mass is 360 g/mol. The summed E-state index contributed by atoms with van der Waals surface area (Å²) in [6.45, 7) is 1.90. The zero-order chi connectivity index (χ0) is 17.1. The van der Waals surface area contributed by atoms with Gasteiger partial charge in [0.25, 0.3) is 5.91 Å². The lowest BCUT2D eigenvalue weighted by Gasteiger charge is -2.06. The van der Waals surface area contributed by atoms with Crippen molar-refractivity contribution in [1.82, 2.24) is 15.0 Å². The van der Waals surface area contributed by atoms with Crippen molar-refractivity contribution in [1.29, 1.82) is 0 Å². The molecule has 0 spiro atoms. The molecule has 2 aromatic carbocycles. The largest absolute Gasteiger partial charge is 0.321 e. The first-order valence-corrected chi connectivity index (χ1v) is 7.98. The van der Waals surface area contributed by atoms with E-state index in [9.17, 15) is 4.79 Å². The minimum absolute atomic E-state index is 0.131. The van der Waals surface area contributed by atoms with Gasteiger partial charge in [0.05, 0.1) is 28.1 Å². The third kappa shape index (κ3) is 3.58. The van der Waals surface area contributed by atoms with Gasteiger partial charge in [0.1, 0.15) is 6.54 Å². The summed E-state index contributed by atoms with van der Waals surface area (Å²) in [6.07, 6.45) is 1.64. The number of fused-ring (bicyclic) bond motifs is 1. The number of halogens is 2. The predicted octanol–water partition coefficient (Wildman–Crippen LogP) is 3.88. The van der Waals surface area contributed by atoms with Gasteiger partial charge in [-0.05, 0) is 31.2 Å². The molecule has 24 heavy (non-hydrogen) atoms. The van der Waals surface area contributed by atoms with Crippen molar-refractivity contribution in [3.63, 3.8) is 0 Å². The zero-order valence-electron chi connectivity index (χ0n) is 12.8. The van der Waals surface area contributed by atoms with Crippen LogP contribution in [0.15, 0.2) is 53.9 Å². The maximum absolute atomic E-state index is 12.1. The number of para-hydroxylation sites is 2. The fourth-order valence-electron chi connectivity index (χ4n) is 2.32. The van der Waals surface area contributed by atoms with E-state index in [0.717, 1.165) is 16.6 Å². The molecule has 7 heteroatoms. The Labute approximate surface area is 148 Å². The molecule has 1 aromatic heterocycles. The molecule has 0 saturated carbocycles. The quantitative estimate of drug-likeness (QED) is 0.566. The first-order valence-electron chi connectivity index (χ1n) is 7.23. The van der Waals surface area contributed by atoms with Crippen LogP contribution >= 0.6 is 23.2 Å². The molecule has 0 saturated heterocycles. The number of amides is 1. The van der Waals surface area contributed by atoms with E-state index in [2.05, 4.69) is 15.5 Å². The molecule has 0 unspecified atom stereocenters. The third-order valence-corrected chi connectivity index (χ3v) is 4.06. The molecule has 1 amide bonds. The second kappa shape index (κ2) is 7.03. The van der Waals surface area contributed by atoms with Crippen LogP contribution in [-0.2, 0) is 11.3 Å². The average molecular weight is 361 g/mol. The average Bonchev–Trinajstić information content (AvgIpc) is 2.96. The molecule has 0 fully saturated rings. The Morgan fingerprint density at radius 2 is 2.04 bits per heavy atom. The number of nitrogens with zero attached hydrogens (tertiary/aromatic N) is 3. The van der Waals surface area contributed by atoms with E-state index >= 15 is 0 Å². The lowest BCUT2D eigenvalue weighted by Crippen LogP contribution is -2.24. The van der Waals surface area contributed by atoms with Crippen molar-refractivity contribution in [3.05, 3.63) is 64.4 Å². The van der Waals surface area contributed by atoms with Crippen molar-refractivity contribution in [3.8, 4) is 0 Å². The molecule has 3 rings (SSSR count). The summed E-state index contributed by atoms with van der Waals surface area (Å²) in [7, 11) is 0. The Morgan fingerprint density at radius 3 is 2.83 bits per heavy atom. The van der Waals surface area contributed by atoms with Crippen molar-refractivity contribution in [2.45, 2.75) is 13.5 Å². The van der Waals surface area contributed by atoms with Crippen molar-refractivity contribution in [2.75, 3.05) is 0 Å². The first kappa shape index (κ1) is 16.5. The SMILES string of the molecule is C/C(=N/NC(=O)Cn1cnc2ccccc21)c1ccc(Cl)cc1Cl. The van der Waals surface area contributed by atoms with Crippen molar-refractivity contribution in [2.24, 2.45) is 5.10 Å². The minimum Gasteiger partial charge on any atom is -0.321 e. The van der Waals surface area contributed by atoms with Gasteiger partial charge in [-0.15, -0.1) is 0 Å². The molecule has 1 N–H and O–H groups in total. The molecule has 3 aromatic rings. The van der Waals surface area contributed by atoms with E-state index in [1.807, 2.05) is 24.3 Å². The number of benzene rings is 2. The fourth-order valence-corrected chi connectivity index (χ4v) is 2.86. The van der Waals surface area contributed by atoms with Gasteiger partial charge in [-0.1, -0.05) is 41.4 Å². The highest BCUT2D eigenvalue weighted by Gasteiger charge is 2.08. The topological polar surface area (TPSA) is 59.3 Å². The van der Waals surface area contributed by atoms with Crippen LogP contribution < -0.4 is 5.43 Å². The van der Waals surface area contributed by atoms with Gasteiger partial charge in [0.2, 0.25) is 0 Å². The Morgan fingerprint density at radius 1 is 1.25 bits per heavy atom. The van der Waals surface area contributed by atoms with Crippen LogP contribution in [0.1, 0.15) is 12.5 Å². The Balaban J connectivity index is 1.70. The standard InChI is InChI=1S/C17H14Cl2N4O/c1-11(13-7-6-12(18)8-14(13)19)21-22-17(24)9-23-10-20-15-4-2-3-5-16(15)23/h2-8,10H,9H2,1H3,(H,22,24)/b21-11-. The molecule has 0 atom stereocenters. The van der Waals surface area contributed by atoms with Gasteiger partial charge in [-0.2, -0.15) is 5.10 Å². The molecular weight excluding hydrogens is 347 g/mol. The number of hydrazone groups is 1. The summed E-state index contributed by atoms with van der Waals surface area (Å²) in [4.78, 5) is 16.4. The van der Waals surface area contributed by atoms with Crippen LogP contribution in [-0.4, -0.2) is 21.2 Å². The summed E-state index contributed by atoms with van der Waals surface area (Å²) < 4.78 is 1.77. The first-order chi connectivity index (χ1) is 11.5. The maximum Gasteiger partial charge on any atom is 0.260 e. The Kier molecular flexibility index (Phi) is 4.83. The Hall–Kier alpha value is -2.37. The fraction of sp³-hybridized carbons (Fsp3) is 0.118. The van der Waals surface area contributed by atoms with Gasteiger partial charge in [0.15, 0.2) is 0 Å². The van der Waals surface area contributed by atoms with Crippen LogP contribution in [0.25, 0.3) is 11.0 Å². The number of hydrogen-bond acceptors (Lipinski definition) is 3. The van der Waals surface area contributed by atoms with Gasteiger partial charge in [0, 0.05) is 10.6 Å². The van der Waals surface area contributed by atoms with Gasteiger partial charge in [-0.25, -0.2) is 10.4 Å². The summed E-state index contributed by atoms with van der Waals surface area (Å²) in [5.74, 6) is -0.248. The van der Waals surface area contributed by atoms with Gasteiger partial charge in [-0.3, -0.25) is 4.79 Å². The number of aromatic nitrogens is 2. The summed E-state index contributed by atoms with van der Waals surface area (Å²) >= 11 is 12.0. The second-order valence-electron chi connectivity index (χ2n) is 5.22. The Bertz CT molecular complexity index is 933. The predicted molar refractivity (Wildman–Crippen MR) is 96.5 cm³/mol. The van der Waals surface area contributed by atoms with Crippen molar-refractivity contribution < 1.29 is 4.79 Å². The maximum atomic E-state index is 12.1. The smallest absolute Gasteiger partial charge is 0.260 e. The van der Waals surface area contributed by atoms with E-state index in [-0.39, 0.29) is 12.5 Å². The lowest BCUT2D eigenvalue weighted by molar-refractivity contribution is -0.121. The number of carbonyl (C=O) groups excluding carboxylic acids is 1. The van der Waals surface area contributed by atoms with E-state index in [4.69, 9.17) is 23.2 Å². The minimum atomic E-state index is -0.248. The number of rotatable bonds is 4. The van der Waals surface area contributed by atoms with E-state index in [1.54, 1.807) is 36.0 Å². The van der Waals surface area contributed by atoms with E-state index in [0.29, 0.717) is 15.8 Å². The normalized spacial score (nSPS) is 11.7. The molecule has 122 valence electrons. The number of carbonyl (C=O) groups is 1. The van der Waals surface area contributed by atoms with Crippen LogP contribution in [0.2, 0.25) is 10.0 Å². The number of imidazole rings is 1. The van der Waals surface area contributed by atoms with Crippen LogP contribution in [0.4, 0.5) is 0 Å². The van der Waals surface area contributed by atoms with Crippen LogP contribution in [0.3, 0.4) is 0 Å². The molecule has 0 bridgehead atoms. The van der Waals surface area contributed by atoms with Crippen LogP contribution in [0.5, 0.6) is 0 Å². The number of hydrogen-bond donors (Lipinski definition) is 1. The van der Waals surface area contributed by atoms with Crippen molar-refractivity contribution >= 4 is 45.9 Å². The molecule has 0 aliphatic heterocycles. The summed E-state index contributed by atoms with van der Waals surface area (Å²) in [5.41, 5.74) is 5.59. The summed E-state index contributed by atoms with van der Waals surface area (Å²) in [5, 5.41) is 5.13. The van der Waals surface area contributed by atoms with E-state index in [1.165, 1.54) is 0 Å². The number of nitrogens with one attached hydrogen (secondary N) is 1. The third-order valence-electron chi connectivity index (χ3n) is 3.51. The summed E-state index contributed by atoms with van der Waals surface area (Å²) in [6, 6.07) is 12.7. The van der Waals surface area contributed by atoms with Crippen LogP contribution in [0, 0.1) is 0 Å². The van der Waals surface area contributed by atoms with Gasteiger partial charge >= 0.3 is 0 Å². The zero-order valence-corrected chi connectivity index (χ0v) is 14.3. The molecule has 0 radical (unpaired) electrons. The molecule has 5 nitrogen and oxygen atoms in total. The molecular formula is C17H14Cl2N4O. The molecule has 0 aliphatic carbocycles. The highest BCUT2D eigenvalue weighted by atomic mass is 35.5. The highest BCUT2D eigenvalue weighted by molar-refractivity contribution is 6.37. The molecule has 1 heterocycles.